The van der Waals surface area contributed by atoms with Gasteiger partial charge in [-0.05, 0) is 31.0 Å². The first kappa shape index (κ1) is 20.4. The third kappa shape index (κ3) is 5.51. The van der Waals surface area contributed by atoms with Crippen molar-refractivity contribution in [3.63, 3.8) is 0 Å². The second kappa shape index (κ2) is 9.66. The minimum atomic E-state index is -1.05. The predicted octanol–water partition coefficient (Wildman–Crippen LogP) is 3.33. The number of ether oxygens (including phenoxy) is 2. The number of carboxylic acids is 1. The Morgan fingerprint density at radius 3 is 2.70 bits per heavy atom. The highest BCUT2D eigenvalue weighted by Gasteiger charge is 2.20. The van der Waals surface area contributed by atoms with Crippen LogP contribution >= 0.6 is 0 Å². The van der Waals surface area contributed by atoms with Crippen LogP contribution in [0.25, 0.3) is 0 Å². The zero-order chi connectivity index (χ0) is 19.8. The minimum absolute atomic E-state index is 0.148. The van der Waals surface area contributed by atoms with E-state index in [0.717, 1.165) is 18.4 Å². The lowest BCUT2D eigenvalue weighted by Gasteiger charge is -2.12. The maximum atomic E-state index is 12.5. The lowest BCUT2D eigenvalue weighted by Crippen LogP contribution is -2.24. The molecule has 2 rings (SSSR count). The Balaban J connectivity index is 2.05. The number of carboxylic acid groups (broad SMARTS) is 1. The molecular weight excluding hydrogens is 350 g/mol. The summed E-state index contributed by atoms with van der Waals surface area (Å²) in [6.07, 6.45) is 3.06. The van der Waals surface area contributed by atoms with E-state index >= 15 is 0 Å². The quantitative estimate of drug-likeness (QED) is 0.618. The number of rotatable bonds is 10. The zero-order valence-corrected chi connectivity index (χ0v) is 15.8. The maximum absolute atomic E-state index is 12.5. The summed E-state index contributed by atoms with van der Waals surface area (Å²) < 4.78 is 16.3. The summed E-state index contributed by atoms with van der Waals surface area (Å²) in [4.78, 5) is 23.4. The van der Waals surface area contributed by atoms with Gasteiger partial charge >= 0.3 is 5.97 Å². The third-order valence-electron chi connectivity index (χ3n) is 4.03. The first-order valence-corrected chi connectivity index (χ1v) is 8.82. The average Bonchev–Trinajstić information content (AvgIpc) is 3.00. The van der Waals surface area contributed by atoms with Crippen LogP contribution in [0.2, 0.25) is 0 Å². The van der Waals surface area contributed by atoms with E-state index in [1.165, 1.54) is 6.26 Å². The van der Waals surface area contributed by atoms with Crippen molar-refractivity contribution >= 4 is 11.9 Å². The molecular formula is C20H25NO6. The highest BCUT2D eigenvalue weighted by molar-refractivity contribution is 5.97. The molecule has 0 bridgehead atoms. The Hall–Kier alpha value is -2.96. The van der Waals surface area contributed by atoms with Gasteiger partial charge < -0.3 is 24.3 Å². The van der Waals surface area contributed by atoms with Crippen LogP contribution in [0.4, 0.5) is 0 Å². The number of hydrogen-bond donors (Lipinski definition) is 2. The Kier molecular flexibility index (Phi) is 7.28. The summed E-state index contributed by atoms with van der Waals surface area (Å²) >= 11 is 0. The lowest BCUT2D eigenvalue weighted by molar-refractivity contribution is -0.136. The van der Waals surface area contributed by atoms with Crippen LogP contribution in [-0.2, 0) is 17.8 Å². The standard InChI is InChI=1S/C20H25NO6/c1-4-5-8-26-15-7-6-14(9-16(15)25-3)11-21-20(24)19-13(2)12-27-17(19)10-18(22)23/h6-7,9,12H,4-5,8,10-11H2,1-3H3,(H,21,24)(H,22,23). The first-order chi connectivity index (χ1) is 13.0. The zero-order valence-electron chi connectivity index (χ0n) is 15.8. The molecule has 0 aliphatic heterocycles. The molecule has 0 aliphatic carbocycles. The van der Waals surface area contributed by atoms with Gasteiger partial charge in [0.15, 0.2) is 11.5 Å². The molecule has 1 aromatic carbocycles. The number of aliphatic carboxylic acids is 1. The fourth-order valence-corrected chi connectivity index (χ4v) is 2.61. The second-order valence-corrected chi connectivity index (χ2v) is 6.16. The number of hydrogen-bond acceptors (Lipinski definition) is 5. The smallest absolute Gasteiger partial charge is 0.311 e. The molecule has 27 heavy (non-hydrogen) atoms. The summed E-state index contributed by atoms with van der Waals surface area (Å²) in [6, 6.07) is 5.47. The van der Waals surface area contributed by atoms with Gasteiger partial charge in [0.1, 0.15) is 12.2 Å². The van der Waals surface area contributed by atoms with Gasteiger partial charge in [-0.3, -0.25) is 9.59 Å². The predicted molar refractivity (Wildman–Crippen MR) is 99.4 cm³/mol. The lowest BCUT2D eigenvalue weighted by atomic mass is 10.1. The van der Waals surface area contributed by atoms with E-state index in [0.29, 0.717) is 23.7 Å². The molecule has 7 heteroatoms. The van der Waals surface area contributed by atoms with Crippen molar-refractivity contribution in [2.75, 3.05) is 13.7 Å². The summed E-state index contributed by atoms with van der Waals surface area (Å²) in [7, 11) is 1.57. The second-order valence-electron chi connectivity index (χ2n) is 6.16. The molecule has 0 spiro atoms. The molecule has 0 saturated heterocycles. The minimum Gasteiger partial charge on any atom is -0.493 e. The SMILES string of the molecule is CCCCOc1ccc(CNC(=O)c2c(C)coc2CC(=O)O)cc1OC. The average molecular weight is 375 g/mol. The number of unbranched alkanes of at least 4 members (excludes halogenated alkanes) is 1. The van der Waals surface area contributed by atoms with Crippen molar-refractivity contribution in [2.24, 2.45) is 0 Å². The molecule has 1 aromatic heterocycles. The number of benzene rings is 1. The maximum Gasteiger partial charge on any atom is 0.311 e. The van der Waals surface area contributed by atoms with Gasteiger partial charge in [-0.25, -0.2) is 0 Å². The highest BCUT2D eigenvalue weighted by atomic mass is 16.5. The molecule has 1 heterocycles. The molecule has 1 amide bonds. The van der Waals surface area contributed by atoms with E-state index in [1.54, 1.807) is 14.0 Å². The van der Waals surface area contributed by atoms with Gasteiger partial charge in [0.2, 0.25) is 0 Å². The molecule has 2 aromatic rings. The van der Waals surface area contributed by atoms with Crippen LogP contribution in [0.1, 0.15) is 47.0 Å². The topological polar surface area (TPSA) is 98.0 Å². The van der Waals surface area contributed by atoms with Crippen molar-refractivity contribution in [3.05, 3.63) is 46.9 Å². The number of carbonyl (C=O) groups is 2. The number of nitrogens with one attached hydrogen (secondary N) is 1. The molecule has 7 nitrogen and oxygen atoms in total. The Labute approximate surface area is 158 Å². The van der Waals surface area contributed by atoms with Crippen molar-refractivity contribution in [1.29, 1.82) is 0 Å². The largest absolute Gasteiger partial charge is 0.493 e. The number of methoxy groups -OCH3 is 1. The van der Waals surface area contributed by atoms with E-state index < -0.39 is 5.97 Å². The van der Waals surface area contributed by atoms with Crippen LogP contribution in [0.5, 0.6) is 11.5 Å². The van der Waals surface area contributed by atoms with Gasteiger partial charge in [-0.2, -0.15) is 0 Å². The Morgan fingerprint density at radius 1 is 1.26 bits per heavy atom. The van der Waals surface area contributed by atoms with E-state index in [4.69, 9.17) is 19.0 Å². The first-order valence-electron chi connectivity index (χ1n) is 8.82. The Morgan fingerprint density at radius 2 is 2.04 bits per heavy atom. The summed E-state index contributed by atoms with van der Waals surface area (Å²) in [5.74, 6) is -0.0179. The molecule has 2 N–H and O–H groups in total. The highest BCUT2D eigenvalue weighted by Crippen LogP contribution is 2.28. The van der Waals surface area contributed by atoms with Crippen LogP contribution in [-0.4, -0.2) is 30.7 Å². The van der Waals surface area contributed by atoms with Crippen LogP contribution in [0.15, 0.2) is 28.9 Å². The van der Waals surface area contributed by atoms with E-state index in [9.17, 15) is 9.59 Å². The van der Waals surface area contributed by atoms with E-state index in [1.807, 2.05) is 18.2 Å². The fourth-order valence-electron chi connectivity index (χ4n) is 2.61. The van der Waals surface area contributed by atoms with Crippen molar-refractivity contribution < 1.29 is 28.6 Å². The van der Waals surface area contributed by atoms with Crippen LogP contribution in [0, 0.1) is 6.92 Å². The third-order valence-corrected chi connectivity index (χ3v) is 4.03. The van der Waals surface area contributed by atoms with Gasteiger partial charge in [0.05, 0.1) is 25.5 Å². The number of furan rings is 1. The monoisotopic (exact) mass is 375 g/mol. The number of amides is 1. The molecule has 0 saturated carbocycles. The van der Waals surface area contributed by atoms with E-state index in [-0.39, 0.29) is 30.2 Å². The van der Waals surface area contributed by atoms with Gasteiger partial charge in [-0.15, -0.1) is 0 Å². The number of aryl methyl sites for hydroxylation is 1. The van der Waals surface area contributed by atoms with Crippen molar-refractivity contribution in [2.45, 2.75) is 39.7 Å². The summed E-state index contributed by atoms with van der Waals surface area (Å²) in [6.45, 7) is 4.68. The number of carbonyl (C=O) groups excluding carboxylic acids is 1. The molecule has 0 fully saturated rings. The molecule has 0 unspecified atom stereocenters. The molecule has 146 valence electrons. The summed E-state index contributed by atoms with van der Waals surface area (Å²) in [5, 5.41) is 11.7. The molecule has 0 aliphatic rings. The van der Waals surface area contributed by atoms with Crippen molar-refractivity contribution in [1.82, 2.24) is 5.32 Å². The van der Waals surface area contributed by atoms with Crippen LogP contribution in [0.3, 0.4) is 0 Å². The fraction of sp³-hybridized carbons (Fsp3) is 0.400. The van der Waals surface area contributed by atoms with Gasteiger partial charge in [0.25, 0.3) is 5.91 Å². The molecule has 0 radical (unpaired) electrons. The Bertz CT molecular complexity index is 796. The van der Waals surface area contributed by atoms with Gasteiger partial charge in [-0.1, -0.05) is 19.4 Å². The van der Waals surface area contributed by atoms with Gasteiger partial charge in [0, 0.05) is 12.1 Å². The van der Waals surface area contributed by atoms with E-state index in [2.05, 4.69) is 12.2 Å². The molecule has 0 atom stereocenters. The van der Waals surface area contributed by atoms with Crippen molar-refractivity contribution in [3.8, 4) is 11.5 Å². The normalized spacial score (nSPS) is 10.5. The summed E-state index contributed by atoms with van der Waals surface area (Å²) in [5.41, 5.74) is 1.70. The van der Waals surface area contributed by atoms with Crippen LogP contribution < -0.4 is 14.8 Å².